The van der Waals surface area contributed by atoms with Gasteiger partial charge < -0.3 is 9.64 Å². The van der Waals surface area contributed by atoms with Crippen molar-refractivity contribution >= 4 is 5.91 Å². The minimum Gasteiger partial charge on any atom is -0.497 e. The SMILES string of the molecule is COc1ccc([C@H]2CN(C(=O)c3cc(C)nn3C)[C@H]3C4CCN(CC4)[C@@H]23)cc1. The van der Waals surface area contributed by atoms with Crippen molar-refractivity contribution in [1.82, 2.24) is 19.6 Å². The molecular weight excluding hydrogens is 352 g/mol. The predicted octanol–water partition coefficient (Wildman–Crippen LogP) is 2.44. The highest BCUT2D eigenvalue weighted by atomic mass is 16.5. The Bertz CT molecular complexity index is 882. The van der Waals surface area contributed by atoms with Crippen LogP contribution in [-0.4, -0.2) is 64.3 Å². The van der Waals surface area contributed by atoms with Gasteiger partial charge in [-0.05, 0) is 62.5 Å². The molecule has 4 saturated heterocycles. The molecule has 5 heterocycles. The summed E-state index contributed by atoms with van der Waals surface area (Å²) in [7, 11) is 3.56. The Balaban J connectivity index is 1.51. The van der Waals surface area contributed by atoms with E-state index in [1.807, 2.05) is 32.2 Å². The Kier molecular flexibility index (Phi) is 4.19. The molecule has 0 unspecified atom stereocenters. The fourth-order valence-electron chi connectivity index (χ4n) is 5.76. The molecule has 2 aromatic rings. The van der Waals surface area contributed by atoms with E-state index in [2.05, 4.69) is 27.0 Å². The lowest BCUT2D eigenvalue weighted by Gasteiger charge is -2.51. The van der Waals surface area contributed by atoms with Crippen LogP contribution >= 0.6 is 0 Å². The van der Waals surface area contributed by atoms with Gasteiger partial charge in [0.2, 0.25) is 0 Å². The third kappa shape index (κ3) is 2.65. The van der Waals surface area contributed by atoms with Gasteiger partial charge >= 0.3 is 0 Å². The molecule has 0 aliphatic carbocycles. The third-order valence-electron chi connectivity index (χ3n) is 7.02. The smallest absolute Gasteiger partial charge is 0.272 e. The van der Waals surface area contributed by atoms with Crippen LogP contribution in [0.5, 0.6) is 5.75 Å². The van der Waals surface area contributed by atoms with Gasteiger partial charge in [0.25, 0.3) is 5.91 Å². The zero-order valence-corrected chi connectivity index (χ0v) is 16.8. The number of nitrogens with zero attached hydrogens (tertiary/aromatic N) is 4. The second-order valence-electron chi connectivity index (χ2n) is 8.49. The molecule has 28 heavy (non-hydrogen) atoms. The first kappa shape index (κ1) is 17.7. The van der Waals surface area contributed by atoms with E-state index in [0.29, 0.717) is 29.6 Å². The normalized spacial score (nSPS) is 31.1. The predicted molar refractivity (Wildman–Crippen MR) is 107 cm³/mol. The first-order chi connectivity index (χ1) is 13.6. The molecule has 1 amide bonds. The lowest BCUT2D eigenvalue weighted by molar-refractivity contribution is -0.00372. The standard InChI is InChI=1S/C22H28N4O2/c1-14-12-19(24(2)23-14)22(27)26-13-18(15-4-6-17(28-3)7-5-15)21-20(26)16-8-10-25(21)11-9-16/h4-7,12,16,18,20-21H,8-11,13H2,1-3H3/t18-,20+,21+/m1/s1. The van der Waals surface area contributed by atoms with E-state index in [9.17, 15) is 4.79 Å². The second-order valence-corrected chi connectivity index (χ2v) is 8.49. The van der Waals surface area contributed by atoms with Gasteiger partial charge in [-0.3, -0.25) is 14.4 Å². The summed E-state index contributed by atoms with van der Waals surface area (Å²) in [5.74, 6) is 1.96. The molecule has 0 radical (unpaired) electrons. The summed E-state index contributed by atoms with van der Waals surface area (Å²) in [5.41, 5.74) is 2.89. The summed E-state index contributed by atoms with van der Waals surface area (Å²) in [4.78, 5) is 18.3. The van der Waals surface area contributed by atoms with Crippen molar-refractivity contribution in [3.8, 4) is 5.75 Å². The lowest BCUT2D eigenvalue weighted by Crippen LogP contribution is -2.60. The number of likely N-dealkylation sites (tertiary alicyclic amines) is 1. The molecule has 1 aromatic heterocycles. The molecule has 0 saturated carbocycles. The van der Waals surface area contributed by atoms with Crippen molar-refractivity contribution in [1.29, 1.82) is 0 Å². The van der Waals surface area contributed by atoms with E-state index in [-0.39, 0.29) is 5.91 Å². The van der Waals surface area contributed by atoms with Gasteiger partial charge in [0.15, 0.2) is 0 Å². The van der Waals surface area contributed by atoms with Crippen molar-refractivity contribution in [2.24, 2.45) is 13.0 Å². The van der Waals surface area contributed by atoms with E-state index in [4.69, 9.17) is 4.74 Å². The number of rotatable bonds is 3. The molecule has 0 N–H and O–H groups in total. The summed E-state index contributed by atoms with van der Waals surface area (Å²) >= 11 is 0. The molecule has 6 nitrogen and oxygen atoms in total. The van der Waals surface area contributed by atoms with Crippen LogP contribution in [0.3, 0.4) is 0 Å². The number of methoxy groups -OCH3 is 1. The van der Waals surface area contributed by atoms with Crippen molar-refractivity contribution < 1.29 is 9.53 Å². The van der Waals surface area contributed by atoms with E-state index in [0.717, 1.165) is 31.1 Å². The third-order valence-corrected chi connectivity index (χ3v) is 7.02. The monoisotopic (exact) mass is 380 g/mol. The summed E-state index contributed by atoms with van der Waals surface area (Å²) in [6.45, 7) is 5.03. The quantitative estimate of drug-likeness (QED) is 0.821. The Labute approximate surface area is 166 Å². The number of carbonyl (C=O) groups is 1. The van der Waals surface area contributed by atoms with Gasteiger partial charge in [-0.25, -0.2) is 0 Å². The molecule has 4 aliphatic heterocycles. The highest BCUT2D eigenvalue weighted by molar-refractivity contribution is 5.93. The van der Waals surface area contributed by atoms with Gasteiger partial charge in [0.1, 0.15) is 11.4 Å². The zero-order chi connectivity index (χ0) is 19.4. The van der Waals surface area contributed by atoms with Crippen LogP contribution in [0, 0.1) is 12.8 Å². The molecule has 1 aromatic carbocycles. The van der Waals surface area contributed by atoms with Crippen LogP contribution in [0.4, 0.5) is 0 Å². The summed E-state index contributed by atoms with van der Waals surface area (Å²) < 4.78 is 7.07. The number of aryl methyl sites for hydroxylation is 2. The van der Waals surface area contributed by atoms with Gasteiger partial charge in [-0.2, -0.15) is 5.10 Å². The summed E-state index contributed by atoms with van der Waals surface area (Å²) in [5, 5.41) is 4.40. The van der Waals surface area contributed by atoms with Crippen LogP contribution in [0.1, 0.15) is 40.5 Å². The Hall–Kier alpha value is -2.34. The molecule has 2 bridgehead atoms. The van der Waals surface area contributed by atoms with Crippen LogP contribution in [0.2, 0.25) is 0 Å². The highest BCUT2D eigenvalue weighted by Gasteiger charge is 2.54. The van der Waals surface area contributed by atoms with Crippen molar-refractivity contribution in [3.05, 3.63) is 47.3 Å². The molecule has 6 rings (SSSR count). The number of amides is 1. The maximum absolute atomic E-state index is 13.5. The zero-order valence-electron chi connectivity index (χ0n) is 16.8. The number of fused-ring (bicyclic) bond motifs is 2. The molecule has 0 spiro atoms. The number of hydrogen-bond donors (Lipinski definition) is 0. The average molecular weight is 380 g/mol. The van der Waals surface area contributed by atoms with E-state index >= 15 is 0 Å². The average Bonchev–Trinajstić information content (AvgIpc) is 3.30. The van der Waals surface area contributed by atoms with Gasteiger partial charge in [0.05, 0.1) is 18.8 Å². The number of aromatic nitrogens is 2. The maximum Gasteiger partial charge on any atom is 0.272 e. The van der Waals surface area contributed by atoms with Crippen molar-refractivity contribution in [2.75, 3.05) is 26.7 Å². The van der Waals surface area contributed by atoms with Crippen LogP contribution in [0.25, 0.3) is 0 Å². The number of hydrogen-bond acceptors (Lipinski definition) is 4. The summed E-state index contributed by atoms with van der Waals surface area (Å²) in [6, 6.07) is 11.1. The largest absolute Gasteiger partial charge is 0.497 e. The Morgan fingerprint density at radius 3 is 2.46 bits per heavy atom. The maximum atomic E-state index is 13.5. The van der Waals surface area contributed by atoms with Crippen molar-refractivity contribution in [2.45, 2.75) is 37.8 Å². The fourth-order valence-corrected chi connectivity index (χ4v) is 5.76. The first-order valence-electron chi connectivity index (χ1n) is 10.3. The number of benzene rings is 1. The molecule has 148 valence electrons. The molecule has 3 atom stereocenters. The van der Waals surface area contributed by atoms with E-state index < -0.39 is 0 Å². The van der Waals surface area contributed by atoms with Crippen molar-refractivity contribution in [3.63, 3.8) is 0 Å². The van der Waals surface area contributed by atoms with Crippen LogP contribution < -0.4 is 4.74 Å². The van der Waals surface area contributed by atoms with Gasteiger partial charge in [-0.15, -0.1) is 0 Å². The fraction of sp³-hybridized carbons (Fsp3) is 0.545. The second kappa shape index (κ2) is 6.62. The molecular formula is C22H28N4O2. The molecule has 6 heteroatoms. The van der Waals surface area contributed by atoms with Crippen LogP contribution in [-0.2, 0) is 7.05 Å². The lowest BCUT2D eigenvalue weighted by atomic mass is 9.75. The van der Waals surface area contributed by atoms with Gasteiger partial charge in [-0.1, -0.05) is 12.1 Å². The molecule has 4 aliphatic rings. The van der Waals surface area contributed by atoms with E-state index in [1.54, 1.807) is 11.8 Å². The summed E-state index contributed by atoms with van der Waals surface area (Å²) in [6.07, 6.45) is 2.40. The minimum atomic E-state index is 0.128. The Morgan fingerprint density at radius 2 is 1.86 bits per heavy atom. The van der Waals surface area contributed by atoms with E-state index in [1.165, 1.54) is 18.4 Å². The minimum absolute atomic E-state index is 0.128. The number of piperidine rings is 3. The number of carbonyl (C=O) groups excluding carboxylic acids is 1. The first-order valence-corrected chi connectivity index (χ1v) is 10.3. The van der Waals surface area contributed by atoms with Crippen LogP contribution in [0.15, 0.2) is 30.3 Å². The highest BCUT2D eigenvalue weighted by Crippen LogP contribution is 2.47. The van der Waals surface area contributed by atoms with Gasteiger partial charge in [0, 0.05) is 25.6 Å². The topological polar surface area (TPSA) is 50.6 Å². The Morgan fingerprint density at radius 1 is 1.14 bits per heavy atom. The number of ether oxygens (including phenoxy) is 1. The molecule has 4 fully saturated rings.